The molecule has 0 aliphatic carbocycles. The van der Waals surface area contributed by atoms with Crippen LogP contribution < -0.4 is 5.73 Å². The van der Waals surface area contributed by atoms with Gasteiger partial charge in [-0.2, -0.15) is 5.10 Å². The molecule has 0 radical (unpaired) electrons. The molecule has 0 bridgehead atoms. The van der Waals surface area contributed by atoms with Crippen LogP contribution >= 0.6 is 11.3 Å². The van der Waals surface area contributed by atoms with Crippen molar-refractivity contribution in [2.45, 2.75) is 0 Å². The molecule has 0 amide bonds. The first-order valence-corrected chi connectivity index (χ1v) is 8.03. The van der Waals surface area contributed by atoms with Gasteiger partial charge in [-0.1, -0.05) is 29.5 Å². The first-order valence-electron chi connectivity index (χ1n) is 7.21. The molecule has 2 N–H and O–H groups in total. The highest BCUT2D eigenvalue weighted by atomic mass is 32.1. The van der Waals surface area contributed by atoms with E-state index in [1.807, 2.05) is 36.5 Å². The van der Waals surface area contributed by atoms with Gasteiger partial charge in [0, 0.05) is 11.8 Å². The first-order chi connectivity index (χ1) is 11.7. The third-order valence-corrected chi connectivity index (χ3v) is 4.31. The van der Waals surface area contributed by atoms with E-state index in [0.29, 0.717) is 15.8 Å². The maximum atomic E-state index is 13.2. The molecule has 0 saturated heterocycles. The van der Waals surface area contributed by atoms with Gasteiger partial charge in [0.15, 0.2) is 5.01 Å². The summed E-state index contributed by atoms with van der Waals surface area (Å²) in [6, 6.07) is 16.0. The molecule has 0 fully saturated rings. The van der Waals surface area contributed by atoms with E-state index < -0.39 is 0 Å². The lowest BCUT2D eigenvalue weighted by Gasteiger charge is -2.00. The summed E-state index contributed by atoms with van der Waals surface area (Å²) in [6.07, 6.45) is 1.88. The van der Waals surface area contributed by atoms with E-state index in [2.05, 4.69) is 15.3 Å². The first kappa shape index (κ1) is 14.5. The number of benzene rings is 2. The number of hydrogen-bond acceptors (Lipinski definition) is 5. The number of hydrogen-bond donors (Lipinski definition) is 1. The second-order valence-electron chi connectivity index (χ2n) is 5.12. The van der Waals surface area contributed by atoms with Crippen LogP contribution in [0.2, 0.25) is 0 Å². The van der Waals surface area contributed by atoms with Crippen LogP contribution in [0.4, 0.5) is 9.52 Å². The van der Waals surface area contributed by atoms with Gasteiger partial charge in [-0.25, -0.2) is 9.07 Å². The SMILES string of the molecule is Nc1nnc(-c2cn(-c3ccccc3)nc2-c2ccc(F)cc2)s1. The number of rotatable bonds is 3. The van der Waals surface area contributed by atoms with E-state index in [9.17, 15) is 4.39 Å². The third-order valence-electron chi connectivity index (χ3n) is 3.52. The number of nitrogens with zero attached hydrogens (tertiary/aromatic N) is 4. The molecule has 7 heteroatoms. The fraction of sp³-hybridized carbons (Fsp3) is 0. The molecule has 4 rings (SSSR count). The van der Waals surface area contributed by atoms with E-state index in [4.69, 9.17) is 5.73 Å². The summed E-state index contributed by atoms with van der Waals surface area (Å²) in [7, 11) is 0. The van der Waals surface area contributed by atoms with Gasteiger partial charge >= 0.3 is 0 Å². The van der Waals surface area contributed by atoms with Crippen molar-refractivity contribution in [2.75, 3.05) is 5.73 Å². The standard InChI is InChI=1S/C17H12FN5S/c18-12-8-6-11(7-9-12)15-14(16-20-21-17(19)24-16)10-23(22-15)13-4-2-1-3-5-13/h1-10H,(H2,19,21). The lowest BCUT2D eigenvalue weighted by Crippen LogP contribution is -1.94. The molecule has 4 aromatic rings. The molecule has 0 aliphatic heterocycles. The fourth-order valence-corrected chi connectivity index (χ4v) is 3.03. The Labute approximate surface area is 141 Å². The van der Waals surface area contributed by atoms with Crippen LogP contribution in [0.3, 0.4) is 0 Å². The van der Waals surface area contributed by atoms with E-state index in [1.165, 1.54) is 23.5 Å². The predicted molar refractivity (Wildman–Crippen MR) is 92.3 cm³/mol. The Morgan fingerprint density at radius 1 is 0.958 bits per heavy atom. The highest BCUT2D eigenvalue weighted by Gasteiger charge is 2.17. The van der Waals surface area contributed by atoms with Crippen LogP contribution in [-0.2, 0) is 0 Å². The Kier molecular flexibility index (Phi) is 3.55. The second-order valence-corrected chi connectivity index (χ2v) is 6.13. The van der Waals surface area contributed by atoms with Crippen molar-refractivity contribution in [3.63, 3.8) is 0 Å². The maximum Gasteiger partial charge on any atom is 0.203 e. The van der Waals surface area contributed by atoms with Gasteiger partial charge in [-0.3, -0.25) is 0 Å². The second kappa shape index (κ2) is 5.86. The highest BCUT2D eigenvalue weighted by molar-refractivity contribution is 7.18. The van der Waals surface area contributed by atoms with Crippen LogP contribution in [0.15, 0.2) is 60.8 Å². The van der Waals surface area contributed by atoms with Gasteiger partial charge in [-0.05, 0) is 36.4 Å². The fourth-order valence-electron chi connectivity index (χ4n) is 2.41. The van der Waals surface area contributed by atoms with Crippen molar-refractivity contribution < 1.29 is 4.39 Å². The van der Waals surface area contributed by atoms with Gasteiger partial charge in [0.1, 0.15) is 11.5 Å². The Bertz CT molecular complexity index is 976. The highest BCUT2D eigenvalue weighted by Crippen LogP contribution is 2.34. The van der Waals surface area contributed by atoms with Crippen molar-refractivity contribution >= 4 is 16.5 Å². The predicted octanol–water partition coefficient (Wildman–Crippen LogP) is 3.78. The summed E-state index contributed by atoms with van der Waals surface area (Å²) in [4.78, 5) is 0. The smallest absolute Gasteiger partial charge is 0.203 e. The van der Waals surface area contributed by atoms with Crippen molar-refractivity contribution in [1.82, 2.24) is 20.0 Å². The van der Waals surface area contributed by atoms with Crippen molar-refractivity contribution in [3.05, 3.63) is 66.6 Å². The van der Waals surface area contributed by atoms with Gasteiger partial charge in [0.05, 0.1) is 11.3 Å². The van der Waals surface area contributed by atoms with E-state index in [-0.39, 0.29) is 5.82 Å². The van der Waals surface area contributed by atoms with Gasteiger partial charge in [0.25, 0.3) is 0 Å². The third kappa shape index (κ3) is 2.65. The molecule has 0 saturated carbocycles. The molecule has 2 heterocycles. The summed E-state index contributed by atoms with van der Waals surface area (Å²) in [5, 5.41) is 13.7. The van der Waals surface area contributed by atoms with E-state index >= 15 is 0 Å². The van der Waals surface area contributed by atoms with E-state index in [0.717, 1.165) is 16.8 Å². The largest absolute Gasteiger partial charge is 0.374 e. The average Bonchev–Trinajstić information content (AvgIpc) is 3.23. The molecule has 2 aromatic heterocycles. The van der Waals surface area contributed by atoms with Crippen LogP contribution in [0.5, 0.6) is 0 Å². The Balaban J connectivity index is 1.90. The monoisotopic (exact) mass is 337 g/mol. The zero-order chi connectivity index (χ0) is 16.5. The number of nitrogens with two attached hydrogens (primary N) is 1. The lowest BCUT2D eigenvalue weighted by atomic mass is 10.1. The molecule has 0 atom stereocenters. The minimum absolute atomic E-state index is 0.289. The molecule has 0 unspecified atom stereocenters. The van der Waals surface area contributed by atoms with Crippen LogP contribution in [0.25, 0.3) is 27.5 Å². The average molecular weight is 337 g/mol. The normalized spacial score (nSPS) is 10.9. The van der Waals surface area contributed by atoms with Crippen molar-refractivity contribution in [1.29, 1.82) is 0 Å². The molecule has 5 nitrogen and oxygen atoms in total. The summed E-state index contributed by atoms with van der Waals surface area (Å²) in [6.45, 7) is 0. The zero-order valence-electron chi connectivity index (χ0n) is 12.4. The molecular weight excluding hydrogens is 325 g/mol. The molecule has 0 spiro atoms. The summed E-state index contributed by atoms with van der Waals surface area (Å²) < 4.78 is 15.0. The van der Waals surface area contributed by atoms with Crippen LogP contribution in [0.1, 0.15) is 0 Å². The van der Waals surface area contributed by atoms with Gasteiger partial charge in [0.2, 0.25) is 5.13 Å². The number of aromatic nitrogens is 4. The maximum absolute atomic E-state index is 13.2. The Morgan fingerprint density at radius 3 is 2.38 bits per heavy atom. The molecule has 2 aromatic carbocycles. The summed E-state index contributed by atoms with van der Waals surface area (Å²) >= 11 is 1.29. The number of para-hydroxylation sites is 1. The number of halogens is 1. The van der Waals surface area contributed by atoms with Crippen LogP contribution in [-0.4, -0.2) is 20.0 Å². The number of nitrogen functional groups attached to an aromatic ring is 1. The number of anilines is 1. The molecular formula is C17H12FN5S. The lowest BCUT2D eigenvalue weighted by molar-refractivity contribution is 0.628. The van der Waals surface area contributed by atoms with Crippen molar-refractivity contribution in [3.8, 4) is 27.5 Å². The Morgan fingerprint density at radius 2 is 1.71 bits per heavy atom. The van der Waals surface area contributed by atoms with Gasteiger partial charge in [-0.15, -0.1) is 10.2 Å². The van der Waals surface area contributed by atoms with Crippen molar-refractivity contribution in [2.24, 2.45) is 0 Å². The van der Waals surface area contributed by atoms with Crippen LogP contribution in [0, 0.1) is 5.82 Å². The minimum Gasteiger partial charge on any atom is -0.374 e. The topological polar surface area (TPSA) is 69.6 Å². The summed E-state index contributed by atoms with van der Waals surface area (Å²) in [5.41, 5.74) is 8.94. The van der Waals surface area contributed by atoms with Gasteiger partial charge < -0.3 is 5.73 Å². The molecule has 24 heavy (non-hydrogen) atoms. The Hall–Kier alpha value is -3.06. The quantitative estimate of drug-likeness (QED) is 0.618. The molecule has 0 aliphatic rings. The zero-order valence-corrected chi connectivity index (χ0v) is 13.2. The van der Waals surface area contributed by atoms with E-state index in [1.54, 1.807) is 16.8 Å². The summed E-state index contributed by atoms with van der Waals surface area (Å²) in [5.74, 6) is -0.289. The molecule has 118 valence electrons. The minimum atomic E-state index is -0.289.